The molecule has 0 radical (unpaired) electrons. The van der Waals surface area contributed by atoms with E-state index < -0.39 is 24.0 Å². The first-order valence-electron chi connectivity index (χ1n) is 8.51. The Morgan fingerprint density at radius 1 is 1.11 bits per heavy atom. The molecule has 0 bridgehead atoms. The van der Waals surface area contributed by atoms with Crippen molar-refractivity contribution in [2.45, 2.75) is 19.6 Å². The zero-order valence-electron chi connectivity index (χ0n) is 15.6. The molecule has 2 amide bonds. The summed E-state index contributed by atoms with van der Waals surface area (Å²) in [4.78, 5) is 35.3. The molecule has 28 heavy (non-hydrogen) atoms. The number of aryl methyl sites for hydroxylation is 1. The summed E-state index contributed by atoms with van der Waals surface area (Å²) < 4.78 is 9.95. The monoisotopic (exact) mass is 386 g/mol. The van der Waals surface area contributed by atoms with Gasteiger partial charge >= 0.3 is 12.1 Å². The van der Waals surface area contributed by atoms with E-state index in [-0.39, 0.29) is 18.8 Å². The molecule has 8 heteroatoms. The van der Waals surface area contributed by atoms with Gasteiger partial charge in [-0.2, -0.15) is 0 Å². The highest BCUT2D eigenvalue weighted by Crippen LogP contribution is 2.17. The number of carboxylic acid groups (broad SMARTS) is 1. The quantitative estimate of drug-likeness (QED) is 0.642. The van der Waals surface area contributed by atoms with E-state index in [9.17, 15) is 14.4 Å². The van der Waals surface area contributed by atoms with Crippen LogP contribution in [0, 0.1) is 6.92 Å². The third-order valence-corrected chi connectivity index (χ3v) is 3.87. The first-order chi connectivity index (χ1) is 13.4. The van der Waals surface area contributed by atoms with Crippen molar-refractivity contribution < 1.29 is 29.0 Å². The molecule has 0 spiro atoms. The van der Waals surface area contributed by atoms with Crippen molar-refractivity contribution in [2.75, 3.05) is 19.0 Å². The van der Waals surface area contributed by atoms with Gasteiger partial charge in [-0.1, -0.05) is 30.3 Å². The van der Waals surface area contributed by atoms with Crippen molar-refractivity contribution >= 4 is 23.7 Å². The SMILES string of the molecule is COC[C@H](NC(=O)c1ccc(NC(=O)OCc2ccccc2)c(C)c1)C(=O)O. The van der Waals surface area contributed by atoms with Crippen LogP contribution in [0.15, 0.2) is 48.5 Å². The highest BCUT2D eigenvalue weighted by molar-refractivity contribution is 5.97. The summed E-state index contributed by atoms with van der Waals surface area (Å²) in [7, 11) is 1.35. The molecule has 2 rings (SSSR count). The number of amides is 2. The summed E-state index contributed by atoms with van der Waals surface area (Å²) in [5.74, 6) is -1.74. The van der Waals surface area contributed by atoms with Crippen LogP contribution in [0.25, 0.3) is 0 Å². The first kappa shape index (κ1) is 20.9. The normalized spacial score (nSPS) is 11.4. The third-order valence-electron chi connectivity index (χ3n) is 3.87. The minimum Gasteiger partial charge on any atom is -0.480 e. The zero-order chi connectivity index (χ0) is 20.5. The summed E-state index contributed by atoms with van der Waals surface area (Å²) in [6, 6.07) is 12.7. The van der Waals surface area contributed by atoms with Crippen molar-refractivity contribution in [3.63, 3.8) is 0 Å². The van der Waals surface area contributed by atoms with E-state index in [4.69, 9.17) is 14.6 Å². The lowest BCUT2D eigenvalue weighted by Gasteiger charge is -2.14. The summed E-state index contributed by atoms with van der Waals surface area (Å²) >= 11 is 0. The van der Waals surface area contributed by atoms with Gasteiger partial charge in [-0.25, -0.2) is 9.59 Å². The second-order valence-electron chi connectivity index (χ2n) is 6.04. The molecule has 0 aromatic heterocycles. The van der Waals surface area contributed by atoms with Crippen molar-refractivity contribution in [1.82, 2.24) is 5.32 Å². The number of rotatable bonds is 8. The molecular weight excluding hydrogens is 364 g/mol. The maximum atomic E-state index is 12.2. The molecule has 0 aliphatic carbocycles. The van der Waals surface area contributed by atoms with Crippen molar-refractivity contribution in [2.24, 2.45) is 0 Å². The van der Waals surface area contributed by atoms with Gasteiger partial charge < -0.3 is 19.9 Å². The van der Waals surface area contributed by atoms with E-state index >= 15 is 0 Å². The first-order valence-corrected chi connectivity index (χ1v) is 8.51. The van der Waals surface area contributed by atoms with E-state index in [1.54, 1.807) is 19.1 Å². The number of carbonyl (C=O) groups excluding carboxylic acids is 2. The molecule has 0 unspecified atom stereocenters. The molecule has 0 aliphatic rings. The number of ether oxygens (including phenoxy) is 2. The van der Waals surface area contributed by atoms with Crippen LogP contribution in [-0.2, 0) is 20.9 Å². The number of hydrogen-bond acceptors (Lipinski definition) is 5. The second-order valence-corrected chi connectivity index (χ2v) is 6.04. The van der Waals surface area contributed by atoms with Crippen LogP contribution >= 0.6 is 0 Å². The molecular formula is C20H22N2O6. The van der Waals surface area contributed by atoms with Gasteiger partial charge in [0.25, 0.3) is 5.91 Å². The summed E-state index contributed by atoms with van der Waals surface area (Å²) in [6.45, 7) is 1.71. The van der Waals surface area contributed by atoms with Gasteiger partial charge in [0, 0.05) is 18.4 Å². The largest absolute Gasteiger partial charge is 0.480 e. The Morgan fingerprint density at radius 2 is 1.82 bits per heavy atom. The molecule has 2 aromatic carbocycles. The molecule has 0 saturated carbocycles. The van der Waals surface area contributed by atoms with E-state index in [1.165, 1.54) is 13.2 Å². The predicted octanol–water partition coefficient (Wildman–Crippen LogP) is 2.57. The smallest absolute Gasteiger partial charge is 0.411 e. The average Bonchev–Trinajstić information content (AvgIpc) is 2.68. The highest BCUT2D eigenvalue weighted by Gasteiger charge is 2.20. The number of carbonyl (C=O) groups is 3. The fraction of sp³-hybridized carbons (Fsp3) is 0.250. The van der Waals surface area contributed by atoms with Crippen LogP contribution in [0.5, 0.6) is 0 Å². The molecule has 2 aromatic rings. The predicted molar refractivity (Wildman–Crippen MR) is 102 cm³/mol. The summed E-state index contributed by atoms with van der Waals surface area (Å²) in [5, 5.41) is 14.1. The summed E-state index contributed by atoms with van der Waals surface area (Å²) in [5.41, 5.74) is 2.25. The molecule has 0 heterocycles. The van der Waals surface area contributed by atoms with Gasteiger partial charge in [0.2, 0.25) is 0 Å². The number of carboxylic acids is 1. The maximum absolute atomic E-state index is 12.2. The van der Waals surface area contributed by atoms with Crippen LogP contribution in [0.4, 0.5) is 10.5 Å². The van der Waals surface area contributed by atoms with Crippen molar-refractivity contribution in [3.05, 3.63) is 65.2 Å². The lowest BCUT2D eigenvalue weighted by atomic mass is 10.1. The van der Waals surface area contributed by atoms with E-state index in [0.717, 1.165) is 5.56 Å². The Kier molecular flexibility index (Phi) is 7.53. The minimum absolute atomic E-state index is 0.141. The Bertz CT molecular complexity index is 838. The van der Waals surface area contributed by atoms with Crippen LogP contribution in [0.3, 0.4) is 0 Å². The van der Waals surface area contributed by atoms with Crippen molar-refractivity contribution in [1.29, 1.82) is 0 Å². The molecule has 3 N–H and O–H groups in total. The van der Waals surface area contributed by atoms with E-state index in [1.807, 2.05) is 30.3 Å². The molecule has 8 nitrogen and oxygen atoms in total. The van der Waals surface area contributed by atoms with Crippen LogP contribution in [-0.4, -0.2) is 42.8 Å². The van der Waals surface area contributed by atoms with Gasteiger partial charge in [-0.3, -0.25) is 10.1 Å². The highest BCUT2D eigenvalue weighted by atomic mass is 16.5. The van der Waals surface area contributed by atoms with Gasteiger partial charge in [0.1, 0.15) is 6.61 Å². The second kappa shape index (κ2) is 10.1. The number of hydrogen-bond donors (Lipinski definition) is 3. The van der Waals surface area contributed by atoms with Crippen LogP contribution in [0.1, 0.15) is 21.5 Å². The van der Waals surface area contributed by atoms with Crippen molar-refractivity contribution in [3.8, 4) is 0 Å². The van der Waals surface area contributed by atoms with Crippen LogP contribution < -0.4 is 10.6 Å². The zero-order valence-corrected chi connectivity index (χ0v) is 15.6. The number of methoxy groups -OCH3 is 1. The number of anilines is 1. The Balaban J connectivity index is 1.96. The van der Waals surface area contributed by atoms with Gasteiger partial charge in [0.15, 0.2) is 6.04 Å². The number of benzene rings is 2. The van der Waals surface area contributed by atoms with Gasteiger partial charge in [-0.05, 0) is 36.2 Å². The minimum atomic E-state index is -1.19. The Labute approximate surface area is 162 Å². The molecule has 0 fully saturated rings. The fourth-order valence-electron chi connectivity index (χ4n) is 2.40. The topological polar surface area (TPSA) is 114 Å². The Hall–Kier alpha value is -3.39. The molecule has 148 valence electrons. The summed E-state index contributed by atoms with van der Waals surface area (Å²) in [6.07, 6.45) is -0.616. The molecule has 0 aliphatic heterocycles. The van der Waals surface area contributed by atoms with E-state index in [2.05, 4.69) is 10.6 Å². The molecule has 0 saturated heterocycles. The fourth-order valence-corrected chi connectivity index (χ4v) is 2.40. The van der Waals surface area contributed by atoms with Gasteiger partial charge in [0.05, 0.1) is 6.61 Å². The molecule has 1 atom stereocenters. The van der Waals surface area contributed by atoms with Gasteiger partial charge in [-0.15, -0.1) is 0 Å². The number of aliphatic carboxylic acids is 1. The average molecular weight is 386 g/mol. The van der Waals surface area contributed by atoms with Crippen LogP contribution in [0.2, 0.25) is 0 Å². The lowest BCUT2D eigenvalue weighted by Crippen LogP contribution is -2.43. The maximum Gasteiger partial charge on any atom is 0.411 e. The Morgan fingerprint density at radius 3 is 2.43 bits per heavy atom. The lowest BCUT2D eigenvalue weighted by molar-refractivity contribution is -0.140. The number of nitrogens with one attached hydrogen (secondary N) is 2. The third kappa shape index (κ3) is 6.10. The standard InChI is InChI=1S/C20H22N2O6/c1-13-10-15(18(23)21-17(12-27-2)19(24)25)8-9-16(13)22-20(26)28-11-14-6-4-3-5-7-14/h3-10,17H,11-12H2,1-2H3,(H,21,23)(H,22,26)(H,24,25)/t17-/m0/s1. The van der Waals surface area contributed by atoms with E-state index in [0.29, 0.717) is 11.3 Å².